The number of pyridine rings is 1. The first-order valence-corrected chi connectivity index (χ1v) is 10.1. The minimum Gasteiger partial charge on any atom is -0.492 e. The van der Waals surface area contributed by atoms with E-state index in [0.717, 1.165) is 32.5 Å². The van der Waals surface area contributed by atoms with Crippen LogP contribution in [0, 0.1) is 17.2 Å². The Bertz CT molecular complexity index is 838. The molecule has 156 valence electrons. The first-order chi connectivity index (χ1) is 13.7. The van der Waals surface area contributed by atoms with Gasteiger partial charge in [0, 0.05) is 12.1 Å². The summed E-state index contributed by atoms with van der Waals surface area (Å²) in [7, 11) is 0. The summed E-state index contributed by atoms with van der Waals surface area (Å²) in [5.41, 5.74) is 1.09. The van der Waals surface area contributed by atoms with Gasteiger partial charge in [-0.3, -0.25) is 4.98 Å². The van der Waals surface area contributed by atoms with Crippen molar-refractivity contribution in [3.8, 4) is 17.0 Å². The third kappa shape index (κ3) is 6.00. The fourth-order valence-electron chi connectivity index (χ4n) is 3.68. The molecule has 0 aliphatic carbocycles. The molecular weight excluding hydrogens is 371 g/mol. The van der Waals surface area contributed by atoms with Gasteiger partial charge in [-0.2, -0.15) is 0 Å². The topological polar surface area (TPSA) is 62.7 Å². The highest BCUT2D eigenvalue weighted by Gasteiger charge is 2.23. The number of benzene rings is 1. The van der Waals surface area contributed by atoms with E-state index >= 15 is 0 Å². The first-order valence-electron chi connectivity index (χ1n) is 10.1. The second kappa shape index (κ2) is 8.91. The van der Waals surface area contributed by atoms with E-state index in [-0.39, 0.29) is 5.56 Å². The molecule has 1 fully saturated rings. The van der Waals surface area contributed by atoms with Crippen molar-refractivity contribution in [3.05, 3.63) is 47.9 Å². The van der Waals surface area contributed by atoms with Crippen molar-refractivity contribution >= 4 is 5.97 Å². The fraction of sp³-hybridized carbons (Fsp3) is 0.478. The lowest BCUT2D eigenvalue weighted by Crippen LogP contribution is -2.40. The number of ether oxygens (including phenoxy) is 1. The molecule has 1 aliphatic rings. The maximum absolute atomic E-state index is 13.9. The van der Waals surface area contributed by atoms with Gasteiger partial charge in [0.1, 0.15) is 11.6 Å². The summed E-state index contributed by atoms with van der Waals surface area (Å²) in [5, 5.41) is 8.92. The van der Waals surface area contributed by atoms with Crippen molar-refractivity contribution in [1.82, 2.24) is 9.88 Å². The van der Waals surface area contributed by atoms with Crippen LogP contribution in [-0.2, 0) is 0 Å². The number of nitrogens with zero attached hydrogens (tertiary/aromatic N) is 2. The van der Waals surface area contributed by atoms with E-state index in [1.807, 2.05) is 6.07 Å². The van der Waals surface area contributed by atoms with Gasteiger partial charge in [0.2, 0.25) is 0 Å². The maximum atomic E-state index is 13.9. The van der Waals surface area contributed by atoms with E-state index in [9.17, 15) is 9.18 Å². The molecule has 0 unspecified atom stereocenters. The molecule has 0 bridgehead atoms. The second-order valence-corrected chi connectivity index (χ2v) is 8.97. The molecule has 0 spiro atoms. The SMILES string of the molecule is CC(C)(C)CN1CCC(COc2ccc(-c3ccc(C(=O)O)c(F)c3)nc2)CC1. The van der Waals surface area contributed by atoms with Crippen LogP contribution in [0.25, 0.3) is 11.3 Å². The molecule has 0 saturated carbocycles. The summed E-state index contributed by atoms with van der Waals surface area (Å²) in [6, 6.07) is 7.58. The van der Waals surface area contributed by atoms with E-state index in [1.54, 1.807) is 18.3 Å². The minimum atomic E-state index is -1.28. The summed E-state index contributed by atoms with van der Waals surface area (Å²) in [6.45, 7) is 10.8. The average Bonchev–Trinajstić information content (AvgIpc) is 2.66. The van der Waals surface area contributed by atoms with Gasteiger partial charge in [0.05, 0.1) is 24.1 Å². The number of halogens is 1. The molecule has 29 heavy (non-hydrogen) atoms. The monoisotopic (exact) mass is 400 g/mol. The molecule has 1 aromatic heterocycles. The molecule has 1 aromatic carbocycles. The van der Waals surface area contributed by atoms with Gasteiger partial charge < -0.3 is 14.7 Å². The average molecular weight is 400 g/mol. The number of aromatic nitrogens is 1. The Morgan fingerprint density at radius 1 is 1.24 bits per heavy atom. The van der Waals surface area contributed by atoms with Crippen LogP contribution in [0.5, 0.6) is 5.75 Å². The Kier molecular flexibility index (Phi) is 6.52. The van der Waals surface area contributed by atoms with Crippen LogP contribution in [-0.4, -0.2) is 47.2 Å². The van der Waals surface area contributed by atoms with Crippen LogP contribution in [0.2, 0.25) is 0 Å². The van der Waals surface area contributed by atoms with E-state index in [4.69, 9.17) is 9.84 Å². The summed E-state index contributed by atoms with van der Waals surface area (Å²) in [4.78, 5) is 17.8. The molecule has 3 rings (SSSR count). The lowest BCUT2D eigenvalue weighted by atomic mass is 9.92. The van der Waals surface area contributed by atoms with Gasteiger partial charge in [-0.25, -0.2) is 9.18 Å². The molecule has 0 radical (unpaired) electrons. The Morgan fingerprint density at radius 3 is 2.52 bits per heavy atom. The van der Waals surface area contributed by atoms with Crippen LogP contribution in [0.1, 0.15) is 44.0 Å². The lowest BCUT2D eigenvalue weighted by Gasteiger charge is -2.35. The number of carboxylic acid groups (broad SMARTS) is 1. The van der Waals surface area contributed by atoms with Gasteiger partial charge in [0.25, 0.3) is 0 Å². The molecule has 0 amide bonds. The van der Waals surface area contributed by atoms with Crippen LogP contribution in [0.4, 0.5) is 4.39 Å². The van der Waals surface area contributed by atoms with Crippen molar-refractivity contribution in [2.75, 3.05) is 26.2 Å². The Labute approximate surface area is 171 Å². The summed E-state index contributed by atoms with van der Waals surface area (Å²) >= 11 is 0. The largest absolute Gasteiger partial charge is 0.492 e. The third-order valence-corrected chi connectivity index (χ3v) is 5.12. The summed E-state index contributed by atoms with van der Waals surface area (Å²) < 4.78 is 19.8. The van der Waals surface area contributed by atoms with Crippen LogP contribution < -0.4 is 4.74 Å². The highest BCUT2D eigenvalue weighted by atomic mass is 19.1. The molecule has 5 nitrogen and oxygen atoms in total. The fourth-order valence-corrected chi connectivity index (χ4v) is 3.68. The van der Waals surface area contributed by atoms with Crippen molar-refractivity contribution in [3.63, 3.8) is 0 Å². The summed E-state index contributed by atoms with van der Waals surface area (Å²) in [6.07, 6.45) is 3.90. The number of hydrogen-bond donors (Lipinski definition) is 1. The van der Waals surface area contributed by atoms with E-state index < -0.39 is 11.8 Å². The molecule has 1 saturated heterocycles. The zero-order valence-electron chi connectivity index (χ0n) is 17.3. The lowest BCUT2D eigenvalue weighted by molar-refractivity contribution is 0.0692. The molecular formula is C23H29FN2O3. The normalized spacial score (nSPS) is 16.0. The number of aromatic carboxylic acids is 1. The number of rotatable bonds is 6. The van der Waals surface area contributed by atoms with Gasteiger partial charge in [0.15, 0.2) is 0 Å². The Hall–Kier alpha value is -2.47. The Morgan fingerprint density at radius 2 is 1.97 bits per heavy atom. The van der Waals surface area contributed by atoms with Crippen molar-refractivity contribution in [2.45, 2.75) is 33.6 Å². The number of likely N-dealkylation sites (tertiary alicyclic amines) is 1. The van der Waals surface area contributed by atoms with E-state index in [1.165, 1.54) is 12.1 Å². The highest BCUT2D eigenvalue weighted by molar-refractivity contribution is 5.88. The van der Waals surface area contributed by atoms with E-state index in [0.29, 0.717) is 34.9 Å². The quantitative estimate of drug-likeness (QED) is 0.760. The molecule has 0 atom stereocenters. The smallest absolute Gasteiger partial charge is 0.338 e. The number of carbonyl (C=O) groups is 1. The molecule has 1 aliphatic heterocycles. The van der Waals surface area contributed by atoms with Crippen molar-refractivity contribution in [1.29, 1.82) is 0 Å². The predicted octanol–water partition coefficient (Wildman–Crippen LogP) is 4.72. The molecule has 1 N–H and O–H groups in total. The van der Waals surface area contributed by atoms with Gasteiger partial charge in [-0.1, -0.05) is 26.8 Å². The molecule has 2 aromatic rings. The summed E-state index contributed by atoms with van der Waals surface area (Å²) in [5.74, 6) is -0.818. The van der Waals surface area contributed by atoms with Crippen molar-refractivity contribution < 1.29 is 19.0 Å². The van der Waals surface area contributed by atoms with Crippen LogP contribution in [0.15, 0.2) is 36.5 Å². The van der Waals surface area contributed by atoms with Crippen LogP contribution in [0.3, 0.4) is 0 Å². The van der Waals surface area contributed by atoms with Gasteiger partial charge in [-0.15, -0.1) is 0 Å². The zero-order chi connectivity index (χ0) is 21.0. The molecule has 6 heteroatoms. The number of carboxylic acids is 1. The number of piperidine rings is 1. The minimum absolute atomic E-state index is 0.327. The Balaban J connectivity index is 1.51. The second-order valence-electron chi connectivity index (χ2n) is 8.97. The zero-order valence-corrected chi connectivity index (χ0v) is 17.3. The van der Waals surface area contributed by atoms with Gasteiger partial charge >= 0.3 is 5.97 Å². The standard InChI is InChI=1S/C23H29FN2O3/c1-23(2,3)15-26-10-8-16(9-11-26)14-29-18-5-7-21(25-13-18)17-4-6-19(22(27)28)20(24)12-17/h4-7,12-13,16H,8-11,14-15H2,1-3H3,(H,27,28). The predicted molar refractivity (Wildman–Crippen MR) is 111 cm³/mol. The maximum Gasteiger partial charge on any atom is 0.338 e. The van der Waals surface area contributed by atoms with Gasteiger partial charge in [-0.05, 0) is 61.5 Å². The van der Waals surface area contributed by atoms with Crippen molar-refractivity contribution in [2.24, 2.45) is 11.3 Å². The van der Waals surface area contributed by atoms with Crippen LogP contribution >= 0.6 is 0 Å². The van der Waals surface area contributed by atoms with E-state index in [2.05, 4.69) is 30.7 Å². The molecule has 2 heterocycles. The number of hydrogen-bond acceptors (Lipinski definition) is 4. The highest BCUT2D eigenvalue weighted by Crippen LogP contribution is 2.25. The first kappa shape index (κ1) is 21.2. The third-order valence-electron chi connectivity index (χ3n) is 5.12.